The molecule has 2 amide bonds. The molecule has 23 heavy (non-hydrogen) atoms. The summed E-state index contributed by atoms with van der Waals surface area (Å²) in [5.74, 6) is 2.77. The number of amides is 2. The van der Waals surface area contributed by atoms with E-state index in [0.717, 1.165) is 30.7 Å². The molecule has 5 heteroatoms. The van der Waals surface area contributed by atoms with Crippen LogP contribution in [0, 0.1) is 23.2 Å². The molecule has 0 atom stereocenters. The van der Waals surface area contributed by atoms with Crippen LogP contribution in [-0.4, -0.2) is 36.1 Å². The Balaban J connectivity index is 1.31. The van der Waals surface area contributed by atoms with Gasteiger partial charge in [0.15, 0.2) is 0 Å². The number of rotatable bonds is 4. The van der Waals surface area contributed by atoms with Crippen molar-refractivity contribution in [2.24, 2.45) is 28.3 Å². The maximum atomic E-state index is 12.3. The van der Waals surface area contributed by atoms with E-state index in [-0.39, 0.29) is 11.8 Å². The van der Waals surface area contributed by atoms with Gasteiger partial charge in [-0.2, -0.15) is 5.10 Å². The highest BCUT2D eigenvalue weighted by Gasteiger charge is 2.50. The Morgan fingerprint density at radius 1 is 1.17 bits per heavy atom. The molecular weight excluding hydrogens is 290 g/mol. The maximum absolute atomic E-state index is 12.3. The smallest absolute Gasteiger partial charge is 0.267 e. The van der Waals surface area contributed by atoms with Gasteiger partial charge in [0, 0.05) is 26.4 Å². The fraction of sp³-hybridized carbons (Fsp3) is 0.833. The highest BCUT2D eigenvalue weighted by Crippen LogP contribution is 2.61. The Morgan fingerprint density at radius 2 is 1.78 bits per heavy atom. The van der Waals surface area contributed by atoms with Crippen molar-refractivity contribution in [3.05, 3.63) is 0 Å². The molecule has 0 radical (unpaired) electrons. The lowest BCUT2D eigenvalue weighted by atomic mass is 9.49. The third-order valence-electron chi connectivity index (χ3n) is 6.58. The fourth-order valence-corrected chi connectivity index (χ4v) is 5.97. The zero-order valence-electron chi connectivity index (χ0n) is 14.0. The van der Waals surface area contributed by atoms with Crippen LogP contribution in [0.2, 0.25) is 0 Å². The first-order chi connectivity index (χ1) is 11.0. The van der Waals surface area contributed by atoms with Gasteiger partial charge in [0.2, 0.25) is 5.91 Å². The highest BCUT2D eigenvalue weighted by molar-refractivity contribution is 6.39. The molecule has 0 spiro atoms. The van der Waals surface area contributed by atoms with Gasteiger partial charge in [0.05, 0.1) is 0 Å². The van der Waals surface area contributed by atoms with Crippen molar-refractivity contribution >= 4 is 17.5 Å². The standard InChI is InChI=1S/C18H27N3O2/c1-21-16(22)3-2-15(20-21)17(23)19-5-4-18-9-12-6-13(10-18)8-14(7-12)11-18/h12-14H,2-11H2,1H3,(H,19,23). The largest absolute Gasteiger partial charge is 0.351 e. The summed E-state index contributed by atoms with van der Waals surface area (Å²) in [4.78, 5) is 23.7. The Kier molecular flexibility index (Phi) is 3.69. The summed E-state index contributed by atoms with van der Waals surface area (Å²) in [6.45, 7) is 0.752. The molecule has 0 aromatic heterocycles. The second-order valence-electron chi connectivity index (χ2n) is 8.39. The SMILES string of the molecule is CN1N=C(C(=O)NCCC23CC4CC(CC(C4)C2)C3)CCC1=O. The van der Waals surface area contributed by atoms with Gasteiger partial charge >= 0.3 is 0 Å². The summed E-state index contributed by atoms with van der Waals surface area (Å²) in [6.07, 6.45) is 10.5. The molecule has 1 aliphatic heterocycles. The van der Waals surface area contributed by atoms with Crippen molar-refractivity contribution in [1.29, 1.82) is 0 Å². The molecule has 4 fully saturated rings. The molecule has 4 aliphatic carbocycles. The summed E-state index contributed by atoms with van der Waals surface area (Å²) >= 11 is 0. The first kappa shape index (κ1) is 15.2. The molecule has 0 saturated heterocycles. The molecule has 126 valence electrons. The van der Waals surface area contributed by atoms with Crippen molar-refractivity contribution in [1.82, 2.24) is 10.3 Å². The maximum Gasteiger partial charge on any atom is 0.267 e. The molecule has 4 bridgehead atoms. The Morgan fingerprint density at radius 3 is 2.35 bits per heavy atom. The lowest BCUT2D eigenvalue weighted by molar-refractivity contribution is -0.130. The fourth-order valence-electron chi connectivity index (χ4n) is 5.97. The Bertz CT molecular complexity index is 519. The van der Waals surface area contributed by atoms with Crippen molar-refractivity contribution in [2.45, 2.75) is 57.8 Å². The predicted octanol–water partition coefficient (Wildman–Crippen LogP) is 2.32. The normalized spacial score (nSPS) is 38.7. The van der Waals surface area contributed by atoms with Crippen LogP contribution in [0.3, 0.4) is 0 Å². The van der Waals surface area contributed by atoms with Gasteiger partial charge in [-0.1, -0.05) is 0 Å². The van der Waals surface area contributed by atoms with Gasteiger partial charge in [-0.05, 0) is 68.1 Å². The van der Waals surface area contributed by atoms with Crippen molar-refractivity contribution in [2.75, 3.05) is 13.6 Å². The topological polar surface area (TPSA) is 61.8 Å². The number of carbonyl (C=O) groups is 2. The van der Waals surface area contributed by atoms with E-state index < -0.39 is 0 Å². The van der Waals surface area contributed by atoms with Crippen LogP contribution in [0.15, 0.2) is 5.10 Å². The van der Waals surface area contributed by atoms with Crippen LogP contribution in [0.1, 0.15) is 57.8 Å². The Hall–Kier alpha value is -1.39. The molecule has 1 N–H and O–H groups in total. The van der Waals surface area contributed by atoms with E-state index in [4.69, 9.17) is 0 Å². The summed E-state index contributed by atoms with van der Waals surface area (Å²) in [5, 5.41) is 8.44. The monoisotopic (exact) mass is 317 g/mol. The molecule has 0 aromatic rings. The lowest BCUT2D eigenvalue weighted by Crippen LogP contribution is -2.47. The van der Waals surface area contributed by atoms with Crippen LogP contribution in [0.4, 0.5) is 0 Å². The van der Waals surface area contributed by atoms with Crippen LogP contribution >= 0.6 is 0 Å². The molecule has 0 unspecified atom stereocenters. The van der Waals surface area contributed by atoms with E-state index >= 15 is 0 Å². The minimum atomic E-state index is -0.0888. The van der Waals surface area contributed by atoms with E-state index in [0.29, 0.717) is 24.0 Å². The first-order valence-electron chi connectivity index (χ1n) is 9.15. The zero-order valence-corrected chi connectivity index (χ0v) is 14.0. The van der Waals surface area contributed by atoms with Crippen molar-refractivity contribution in [3.63, 3.8) is 0 Å². The van der Waals surface area contributed by atoms with Gasteiger partial charge in [0.25, 0.3) is 5.91 Å². The van der Waals surface area contributed by atoms with Gasteiger partial charge in [-0.25, -0.2) is 5.01 Å². The third kappa shape index (κ3) is 2.90. The van der Waals surface area contributed by atoms with E-state index in [1.807, 2.05) is 0 Å². The van der Waals surface area contributed by atoms with Gasteiger partial charge in [-0.3, -0.25) is 9.59 Å². The summed E-state index contributed by atoms with van der Waals surface area (Å²) in [5.41, 5.74) is 1.00. The quantitative estimate of drug-likeness (QED) is 0.865. The minimum Gasteiger partial charge on any atom is -0.351 e. The highest BCUT2D eigenvalue weighted by atomic mass is 16.2. The third-order valence-corrected chi connectivity index (χ3v) is 6.58. The molecule has 5 aliphatic rings. The number of nitrogens with one attached hydrogen (secondary N) is 1. The molecular formula is C18H27N3O2. The van der Waals surface area contributed by atoms with E-state index in [9.17, 15) is 9.59 Å². The lowest BCUT2D eigenvalue weighted by Gasteiger charge is -2.57. The van der Waals surface area contributed by atoms with Crippen LogP contribution in [0.5, 0.6) is 0 Å². The summed E-state index contributed by atoms with van der Waals surface area (Å²) in [7, 11) is 1.62. The van der Waals surface area contributed by atoms with Gasteiger partial charge < -0.3 is 5.32 Å². The zero-order chi connectivity index (χ0) is 16.0. The van der Waals surface area contributed by atoms with E-state index in [1.165, 1.54) is 43.5 Å². The minimum absolute atomic E-state index is 0.0184. The first-order valence-corrected chi connectivity index (χ1v) is 9.15. The number of hydrogen-bond donors (Lipinski definition) is 1. The van der Waals surface area contributed by atoms with E-state index in [2.05, 4.69) is 10.4 Å². The number of carbonyl (C=O) groups excluding carboxylic acids is 2. The van der Waals surface area contributed by atoms with Crippen LogP contribution < -0.4 is 5.32 Å². The van der Waals surface area contributed by atoms with Crippen LogP contribution in [0.25, 0.3) is 0 Å². The second-order valence-corrected chi connectivity index (χ2v) is 8.39. The number of hydrogen-bond acceptors (Lipinski definition) is 3. The van der Waals surface area contributed by atoms with E-state index in [1.54, 1.807) is 7.05 Å². The molecule has 5 rings (SSSR count). The number of hydrazone groups is 1. The molecule has 0 aromatic carbocycles. The van der Waals surface area contributed by atoms with Gasteiger partial charge in [0.1, 0.15) is 5.71 Å². The second kappa shape index (κ2) is 5.60. The van der Waals surface area contributed by atoms with Crippen molar-refractivity contribution in [3.8, 4) is 0 Å². The Labute approximate surface area is 137 Å². The molecule has 4 saturated carbocycles. The molecule has 5 nitrogen and oxygen atoms in total. The number of nitrogens with zero attached hydrogens (tertiary/aromatic N) is 2. The van der Waals surface area contributed by atoms with Gasteiger partial charge in [-0.15, -0.1) is 0 Å². The summed E-state index contributed by atoms with van der Waals surface area (Å²) < 4.78 is 0. The van der Waals surface area contributed by atoms with Crippen molar-refractivity contribution < 1.29 is 9.59 Å². The molecule has 1 heterocycles. The summed E-state index contributed by atoms with van der Waals surface area (Å²) in [6, 6.07) is 0. The van der Waals surface area contributed by atoms with Crippen LogP contribution in [-0.2, 0) is 9.59 Å². The average Bonchev–Trinajstić information content (AvgIpc) is 2.48. The predicted molar refractivity (Wildman–Crippen MR) is 87.7 cm³/mol. The average molecular weight is 317 g/mol.